The summed E-state index contributed by atoms with van der Waals surface area (Å²) in [6, 6.07) is 5.32. The molecule has 5 heteroatoms. The molecule has 0 aromatic heterocycles. The molecule has 3 aliphatic rings. The van der Waals surface area contributed by atoms with Gasteiger partial charge in [-0.15, -0.1) is 0 Å². The summed E-state index contributed by atoms with van der Waals surface area (Å²) < 4.78 is 14.0. The molecular formula is C16H20FN3O. The zero-order valence-electron chi connectivity index (χ0n) is 11.8. The number of fused-ring (bicyclic) bond motifs is 5. The molecule has 0 saturated heterocycles. The van der Waals surface area contributed by atoms with E-state index in [4.69, 9.17) is 10.9 Å². The van der Waals surface area contributed by atoms with Crippen molar-refractivity contribution in [2.24, 2.45) is 34.6 Å². The molecule has 4 atom stereocenters. The fraction of sp³-hybridized carbons (Fsp3) is 0.562. The third-order valence-corrected chi connectivity index (χ3v) is 5.72. The van der Waals surface area contributed by atoms with Gasteiger partial charge < -0.3 is 16.3 Å². The third kappa shape index (κ3) is 2.02. The van der Waals surface area contributed by atoms with Gasteiger partial charge in [-0.1, -0.05) is 17.3 Å². The Labute approximate surface area is 123 Å². The predicted octanol–water partition coefficient (Wildman–Crippen LogP) is 2.05. The Balaban J connectivity index is 1.40. The average Bonchev–Trinajstić information content (AvgIpc) is 2.88. The van der Waals surface area contributed by atoms with Crippen LogP contribution in [0.1, 0.15) is 30.4 Å². The number of halogens is 1. The topological polar surface area (TPSA) is 70.6 Å². The number of benzene rings is 1. The minimum atomic E-state index is -0.305. The molecule has 1 aromatic carbocycles. The lowest BCUT2D eigenvalue weighted by Gasteiger charge is -2.11. The maximum absolute atomic E-state index is 14.0. The van der Waals surface area contributed by atoms with Gasteiger partial charge in [0.25, 0.3) is 0 Å². The molecule has 3 fully saturated rings. The first-order valence-corrected chi connectivity index (χ1v) is 7.68. The van der Waals surface area contributed by atoms with Crippen LogP contribution in [-0.4, -0.2) is 17.1 Å². The summed E-state index contributed by atoms with van der Waals surface area (Å²) in [4.78, 5) is 0. The average molecular weight is 289 g/mol. The number of hydrogen-bond acceptors (Lipinski definition) is 3. The van der Waals surface area contributed by atoms with E-state index in [1.54, 1.807) is 12.1 Å². The predicted molar refractivity (Wildman–Crippen MR) is 77.3 cm³/mol. The molecule has 4 nitrogen and oxygen atoms in total. The molecule has 0 heterocycles. The van der Waals surface area contributed by atoms with E-state index in [1.807, 2.05) is 0 Å². The van der Waals surface area contributed by atoms with E-state index < -0.39 is 0 Å². The van der Waals surface area contributed by atoms with Crippen molar-refractivity contribution in [3.63, 3.8) is 0 Å². The maximum Gasteiger partial charge on any atom is 0.170 e. The molecule has 0 radical (unpaired) electrons. The highest BCUT2D eigenvalue weighted by atomic mass is 19.1. The second kappa shape index (κ2) is 4.70. The molecule has 4 unspecified atom stereocenters. The Morgan fingerprint density at radius 1 is 1.33 bits per heavy atom. The highest BCUT2D eigenvalue weighted by molar-refractivity contribution is 5.97. The quantitative estimate of drug-likeness (QED) is 0.344. The molecule has 21 heavy (non-hydrogen) atoms. The van der Waals surface area contributed by atoms with E-state index in [0.717, 1.165) is 23.7 Å². The van der Waals surface area contributed by atoms with Crippen LogP contribution in [0.5, 0.6) is 0 Å². The fourth-order valence-electron chi connectivity index (χ4n) is 4.73. The summed E-state index contributed by atoms with van der Waals surface area (Å²) in [6.45, 7) is 0.555. The lowest BCUT2D eigenvalue weighted by atomic mass is 10.0. The molecule has 0 amide bonds. The minimum Gasteiger partial charge on any atom is -0.409 e. The number of hydrogen-bond donors (Lipinski definition) is 3. The number of amidine groups is 1. The van der Waals surface area contributed by atoms with E-state index >= 15 is 0 Å². The minimum absolute atomic E-state index is 0.0679. The van der Waals surface area contributed by atoms with Crippen molar-refractivity contribution in [1.82, 2.24) is 5.32 Å². The van der Waals surface area contributed by atoms with Gasteiger partial charge in [-0.3, -0.25) is 0 Å². The van der Waals surface area contributed by atoms with Crippen molar-refractivity contribution in [2.45, 2.75) is 31.8 Å². The normalized spacial score (nSPS) is 36.8. The van der Waals surface area contributed by atoms with Crippen LogP contribution in [0.3, 0.4) is 0 Å². The lowest BCUT2D eigenvalue weighted by Crippen LogP contribution is -2.23. The standard InChI is InChI=1S/C16H20FN3O/c17-12-6-10(16(18)20-21)3-4-11(12)7-19-15-13-8-1-2-9(5-8)14(13)15/h3-4,6,8-9,13-15,19,21H,1-2,5,7H2,(H2,18,20). The summed E-state index contributed by atoms with van der Waals surface area (Å²) in [5.74, 6) is 3.17. The fourth-order valence-corrected chi connectivity index (χ4v) is 4.73. The number of rotatable bonds is 4. The van der Waals surface area contributed by atoms with Gasteiger partial charge in [0.1, 0.15) is 5.82 Å². The Morgan fingerprint density at radius 2 is 2.05 bits per heavy atom. The highest BCUT2D eigenvalue weighted by Crippen LogP contribution is 2.65. The van der Waals surface area contributed by atoms with Crippen molar-refractivity contribution < 1.29 is 9.60 Å². The second-order valence-electron chi connectivity index (χ2n) is 6.69. The van der Waals surface area contributed by atoms with Crippen LogP contribution < -0.4 is 11.1 Å². The lowest BCUT2D eigenvalue weighted by molar-refractivity contribution is 0.318. The van der Waals surface area contributed by atoms with Crippen LogP contribution in [0.2, 0.25) is 0 Å². The SMILES string of the molecule is N/C(=N/O)c1ccc(CNC2C3C4CCC(C4)C23)c(F)c1. The number of nitrogens with one attached hydrogen (secondary N) is 1. The molecule has 1 aromatic rings. The molecule has 2 bridgehead atoms. The second-order valence-corrected chi connectivity index (χ2v) is 6.69. The van der Waals surface area contributed by atoms with Crippen LogP contribution in [0, 0.1) is 29.5 Å². The van der Waals surface area contributed by atoms with Crippen molar-refractivity contribution in [3.05, 3.63) is 35.1 Å². The summed E-state index contributed by atoms with van der Waals surface area (Å²) in [7, 11) is 0. The zero-order valence-corrected chi connectivity index (χ0v) is 11.8. The van der Waals surface area contributed by atoms with Crippen molar-refractivity contribution in [2.75, 3.05) is 0 Å². The first-order valence-electron chi connectivity index (χ1n) is 7.68. The van der Waals surface area contributed by atoms with Crippen LogP contribution in [0.4, 0.5) is 4.39 Å². The van der Waals surface area contributed by atoms with Gasteiger partial charge in [0.15, 0.2) is 5.84 Å². The van der Waals surface area contributed by atoms with Gasteiger partial charge in [-0.25, -0.2) is 4.39 Å². The van der Waals surface area contributed by atoms with E-state index in [2.05, 4.69) is 10.5 Å². The van der Waals surface area contributed by atoms with E-state index in [-0.39, 0.29) is 11.7 Å². The van der Waals surface area contributed by atoms with E-state index in [1.165, 1.54) is 25.3 Å². The molecule has 4 rings (SSSR count). The smallest absolute Gasteiger partial charge is 0.170 e. The Morgan fingerprint density at radius 3 is 2.67 bits per heavy atom. The number of oxime groups is 1. The van der Waals surface area contributed by atoms with Crippen molar-refractivity contribution in [1.29, 1.82) is 0 Å². The van der Waals surface area contributed by atoms with E-state index in [9.17, 15) is 4.39 Å². The van der Waals surface area contributed by atoms with Gasteiger partial charge in [-0.05, 0) is 49.0 Å². The monoisotopic (exact) mass is 289 g/mol. The Bertz CT molecular complexity index is 587. The number of nitrogens with two attached hydrogens (primary N) is 1. The van der Waals surface area contributed by atoms with Gasteiger partial charge >= 0.3 is 0 Å². The third-order valence-electron chi connectivity index (χ3n) is 5.72. The van der Waals surface area contributed by atoms with Crippen molar-refractivity contribution in [3.8, 4) is 0 Å². The van der Waals surface area contributed by atoms with Crippen LogP contribution in [-0.2, 0) is 6.54 Å². The van der Waals surface area contributed by atoms with Gasteiger partial charge in [0.2, 0.25) is 0 Å². The first-order chi connectivity index (χ1) is 10.2. The molecule has 0 spiro atoms. The number of nitrogens with zero attached hydrogens (tertiary/aromatic N) is 1. The van der Waals surface area contributed by atoms with Gasteiger partial charge in [0, 0.05) is 23.7 Å². The summed E-state index contributed by atoms with van der Waals surface area (Å²) >= 11 is 0. The Kier molecular flexibility index (Phi) is 2.92. The molecule has 4 N–H and O–H groups in total. The maximum atomic E-state index is 14.0. The Hall–Kier alpha value is -1.62. The van der Waals surface area contributed by atoms with Gasteiger partial charge in [0.05, 0.1) is 0 Å². The summed E-state index contributed by atoms with van der Waals surface area (Å²) in [5.41, 5.74) is 6.51. The van der Waals surface area contributed by atoms with E-state index in [0.29, 0.717) is 23.7 Å². The summed E-state index contributed by atoms with van der Waals surface area (Å²) in [5, 5.41) is 15.0. The van der Waals surface area contributed by atoms with Crippen LogP contribution in [0.15, 0.2) is 23.4 Å². The molecular weight excluding hydrogens is 269 g/mol. The summed E-state index contributed by atoms with van der Waals surface area (Å²) in [6.07, 6.45) is 4.22. The largest absolute Gasteiger partial charge is 0.409 e. The van der Waals surface area contributed by atoms with Crippen molar-refractivity contribution >= 4 is 5.84 Å². The van der Waals surface area contributed by atoms with Crippen LogP contribution >= 0.6 is 0 Å². The van der Waals surface area contributed by atoms with Gasteiger partial charge in [-0.2, -0.15) is 0 Å². The van der Waals surface area contributed by atoms with Crippen LogP contribution in [0.25, 0.3) is 0 Å². The molecule has 0 aliphatic heterocycles. The molecule has 3 saturated carbocycles. The molecule has 3 aliphatic carbocycles. The molecule has 112 valence electrons. The zero-order chi connectivity index (χ0) is 14.6. The first kappa shape index (κ1) is 13.1. The highest BCUT2D eigenvalue weighted by Gasteiger charge is 2.64.